The van der Waals surface area contributed by atoms with E-state index in [1.165, 1.54) is 33.5 Å². The molecule has 2 rings (SSSR count). The highest BCUT2D eigenvalue weighted by molar-refractivity contribution is 5.95. The summed E-state index contributed by atoms with van der Waals surface area (Å²) in [6, 6.07) is 9.10. The van der Waals surface area contributed by atoms with E-state index >= 15 is 0 Å². The van der Waals surface area contributed by atoms with Crippen LogP contribution in [-0.4, -0.2) is 27.2 Å². The number of nitrogens with one attached hydrogen (secondary N) is 1. The number of amides is 1. The predicted octanol–water partition coefficient (Wildman–Crippen LogP) is 3.34. The Labute approximate surface area is 140 Å². The second-order valence-electron chi connectivity index (χ2n) is 5.19. The molecule has 0 saturated heterocycles. The minimum atomic E-state index is -0.473. The first-order chi connectivity index (χ1) is 11.5. The van der Waals surface area contributed by atoms with E-state index in [4.69, 9.17) is 14.2 Å². The van der Waals surface area contributed by atoms with Gasteiger partial charge >= 0.3 is 0 Å². The molecule has 0 radical (unpaired) electrons. The standard InChI is InChI=1S/C18H20FNO4/c1-11(12-5-6-17(24-4)16(19)9-12)20-18(21)13-7-14(22-2)10-15(8-13)23-3/h5-11H,1-4H3,(H,20,21)/t11-/m0/s1. The van der Waals surface area contributed by atoms with Gasteiger partial charge in [-0.25, -0.2) is 4.39 Å². The monoisotopic (exact) mass is 333 g/mol. The van der Waals surface area contributed by atoms with Gasteiger partial charge in [-0.05, 0) is 36.8 Å². The molecule has 6 heteroatoms. The van der Waals surface area contributed by atoms with Gasteiger partial charge in [0.15, 0.2) is 11.6 Å². The van der Waals surface area contributed by atoms with Crippen LogP contribution in [0.3, 0.4) is 0 Å². The van der Waals surface area contributed by atoms with Gasteiger partial charge in [0.1, 0.15) is 11.5 Å². The number of carbonyl (C=O) groups excluding carboxylic acids is 1. The third kappa shape index (κ3) is 3.95. The van der Waals surface area contributed by atoms with E-state index < -0.39 is 5.82 Å². The summed E-state index contributed by atoms with van der Waals surface area (Å²) in [7, 11) is 4.43. The van der Waals surface area contributed by atoms with Gasteiger partial charge in [0, 0.05) is 11.6 Å². The molecule has 0 spiro atoms. The highest BCUT2D eigenvalue weighted by Gasteiger charge is 2.15. The summed E-state index contributed by atoms with van der Waals surface area (Å²) in [4.78, 5) is 12.4. The predicted molar refractivity (Wildman–Crippen MR) is 88.4 cm³/mol. The number of methoxy groups -OCH3 is 3. The summed E-state index contributed by atoms with van der Waals surface area (Å²) in [5.74, 6) is 0.412. The van der Waals surface area contributed by atoms with Crippen LogP contribution in [0.25, 0.3) is 0 Å². The number of halogens is 1. The first-order valence-electron chi connectivity index (χ1n) is 7.36. The lowest BCUT2D eigenvalue weighted by molar-refractivity contribution is 0.0939. The van der Waals surface area contributed by atoms with Crippen LogP contribution in [-0.2, 0) is 0 Å². The molecule has 0 saturated carbocycles. The van der Waals surface area contributed by atoms with Crippen molar-refractivity contribution in [3.05, 3.63) is 53.3 Å². The summed E-state index contributed by atoms with van der Waals surface area (Å²) < 4.78 is 29.0. The lowest BCUT2D eigenvalue weighted by Gasteiger charge is -2.16. The van der Waals surface area contributed by atoms with Gasteiger partial charge in [0.05, 0.1) is 27.4 Å². The van der Waals surface area contributed by atoms with Gasteiger partial charge < -0.3 is 19.5 Å². The Morgan fingerprint density at radius 1 is 1.00 bits per heavy atom. The zero-order valence-electron chi connectivity index (χ0n) is 14.1. The fraction of sp³-hybridized carbons (Fsp3) is 0.278. The topological polar surface area (TPSA) is 56.8 Å². The van der Waals surface area contributed by atoms with E-state index in [1.807, 2.05) is 0 Å². The molecule has 0 bridgehead atoms. The lowest BCUT2D eigenvalue weighted by Crippen LogP contribution is -2.26. The summed E-state index contributed by atoms with van der Waals surface area (Å²) in [5.41, 5.74) is 1.03. The maximum absolute atomic E-state index is 13.8. The van der Waals surface area contributed by atoms with Crippen LogP contribution in [0.1, 0.15) is 28.9 Å². The average molecular weight is 333 g/mol. The number of hydrogen-bond donors (Lipinski definition) is 1. The minimum Gasteiger partial charge on any atom is -0.497 e. The van der Waals surface area contributed by atoms with Crippen molar-refractivity contribution in [1.29, 1.82) is 0 Å². The number of ether oxygens (including phenoxy) is 3. The van der Waals surface area contributed by atoms with E-state index in [9.17, 15) is 9.18 Å². The van der Waals surface area contributed by atoms with E-state index in [1.54, 1.807) is 31.2 Å². The number of benzene rings is 2. The first-order valence-corrected chi connectivity index (χ1v) is 7.36. The fourth-order valence-corrected chi connectivity index (χ4v) is 2.25. The van der Waals surface area contributed by atoms with Crippen molar-refractivity contribution in [1.82, 2.24) is 5.32 Å². The molecular formula is C18H20FNO4. The van der Waals surface area contributed by atoms with Crippen molar-refractivity contribution in [3.63, 3.8) is 0 Å². The molecule has 0 aliphatic carbocycles. The van der Waals surface area contributed by atoms with Crippen LogP contribution in [0.5, 0.6) is 17.2 Å². The maximum atomic E-state index is 13.8. The highest BCUT2D eigenvalue weighted by Crippen LogP contribution is 2.24. The molecule has 5 nitrogen and oxygen atoms in total. The average Bonchev–Trinajstić information content (AvgIpc) is 2.60. The number of hydrogen-bond acceptors (Lipinski definition) is 4. The van der Waals surface area contributed by atoms with Crippen LogP contribution in [0, 0.1) is 5.82 Å². The highest BCUT2D eigenvalue weighted by atomic mass is 19.1. The van der Waals surface area contributed by atoms with Crippen LogP contribution in [0.4, 0.5) is 4.39 Å². The van der Waals surface area contributed by atoms with Crippen molar-refractivity contribution in [2.75, 3.05) is 21.3 Å². The van der Waals surface area contributed by atoms with E-state index in [-0.39, 0.29) is 17.7 Å². The van der Waals surface area contributed by atoms with Crippen molar-refractivity contribution in [2.24, 2.45) is 0 Å². The van der Waals surface area contributed by atoms with Crippen LogP contribution >= 0.6 is 0 Å². The smallest absolute Gasteiger partial charge is 0.252 e. The molecule has 0 aromatic heterocycles. The normalized spacial score (nSPS) is 11.5. The summed E-state index contributed by atoms with van der Waals surface area (Å²) >= 11 is 0. The minimum absolute atomic E-state index is 0.162. The van der Waals surface area contributed by atoms with Gasteiger partial charge in [-0.15, -0.1) is 0 Å². The molecule has 0 unspecified atom stereocenters. The number of rotatable bonds is 6. The fourth-order valence-electron chi connectivity index (χ4n) is 2.25. The van der Waals surface area contributed by atoms with Crippen molar-refractivity contribution >= 4 is 5.91 Å². The molecule has 1 N–H and O–H groups in total. The Balaban J connectivity index is 2.18. The van der Waals surface area contributed by atoms with E-state index in [2.05, 4.69) is 5.32 Å². The first kappa shape index (κ1) is 17.6. The van der Waals surface area contributed by atoms with E-state index in [0.29, 0.717) is 22.6 Å². The second-order valence-corrected chi connectivity index (χ2v) is 5.19. The summed E-state index contributed by atoms with van der Waals surface area (Å²) in [5, 5.41) is 2.82. The van der Waals surface area contributed by atoms with Gasteiger partial charge in [0.2, 0.25) is 0 Å². The van der Waals surface area contributed by atoms with Gasteiger partial charge in [-0.1, -0.05) is 6.07 Å². The van der Waals surface area contributed by atoms with Gasteiger partial charge in [-0.3, -0.25) is 4.79 Å². The lowest BCUT2D eigenvalue weighted by atomic mass is 10.1. The molecule has 0 heterocycles. The molecule has 1 amide bonds. The van der Waals surface area contributed by atoms with Gasteiger partial charge in [-0.2, -0.15) is 0 Å². The Kier molecular flexibility index (Phi) is 5.63. The molecule has 2 aromatic carbocycles. The zero-order chi connectivity index (χ0) is 17.7. The second kappa shape index (κ2) is 7.68. The summed E-state index contributed by atoms with van der Waals surface area (Å²) in [6.45, 7) is 1.77. The van der Waals surface area contributed by atoms with Crippen LogP contribution < -0.4 is 19.5 Å². The SMILES string of the molecule is COc1cc(OC)cc(C(=O)N[C@@H](C)c2ccc(OC)c(F)c2)c1. The molecule has 0 fully saturated rings. The molecule has 2 aromatic rings. The Hall–Kier alpha value is -2.76. The van der Waals surface area contributed by atoms with Crippen molar-refractivity contribution < 1.29 is 23.4 Å². The zero-order valence-corrected chi connectivity index (χ0v) is 14.1. The third-order valence-electron chi connectivity index (χ3n) is 3.64. The third-order valence-corrected chi connectivity index (χ3v) is 3.64. The van der Waals surface area contributed by atoms with Crippen LogP contribution in [0.15, 0.2) is 36.4 Å². The van der Waals surface area contributed by atoms with E-state index in [0.717, 1.165) is 0 Å². The quantitative estimate of drug-likeness (QED) is 0.881. The molecule has 0 aliphatic rings. The molecule has 1 atom stereocenters. The van der Waals surface area contributed by atoms with Crippen LogP contribution in [0.2, 0.25) is 0 Å². The molecule has 128 valence electrons. The molecule has 24 heavy (non-hydrogen) atoms. The van der Waals surface area contributed by atoms with Gasteiger partial charge in [0.25, 0.3) is 5.91 Å². The maximum Gasteiger partial charge on any atom is 0.252 e. The Morgan fingerprint density at radius 3 is 2.12 bits per heavy atom. The largest absolute Gasteiger partial charge is 0.497 e. The Bertz CT molecular complexity index is 711. The van der Waals surface area contributed by atoms with Crippen molar-refractivity contribution in [2.45, 2.75) is 13.0 Å². The number of carbonyl (C=O) groups is 1. The summed E-state index contributed by atoms with van der Waals surface area (Å²) in [6.07, 6.45) is 0. The Morgan fingerprint density at radius 2 is 1.62 bits per heavy atom. The van der Waals surface area contributed by atoms with Crippen molar-refractivity contribution in [3.8, 4) is 17.2 Å². The molecule has 0 aliphatic heterocycles. The molecular weight excluding hydrogens is 313 g/mol.